The number of amidine groups is 1. The van der Waals surface area contributed by atoms with Crippen LogP contribution in [-0.4, -0.2) is 41.1 Å². The maximum Gasteiger partial charge on any atom is 0.299 e. The summed E-state index contributed by atoms with van der Waals surface area (Å²) in [5.74, 6) is 0.946. The van der Waals surface area contributed by atoms with Crippen LogP contribution in [0.15, 0.2) is 65.8 Å². The number of halogens is 1. The number of benzene rings is 2. The summed E-state index contributed by atoms with van der Waals surface area (Å²) in [5.41, 5.74) is 3.17. The van der Waals surface area contributed by atoms with E-state index in [4.69, 9.17) is 14.8 Å². The molecule has 0 aliphatic carbocycles. The molecule has 0 saturated carbocycles. The molecule has 2 aromatic carbocycles. The average molecular weight is 530 g/mol. The Hall–Kier alpha value is -2.30. The van der Waals surface area contributed by atoms with Crippen LogP contribution in [0, 0.1) is 13.8 Å². The third kappa shape index (κ3) is 4.69. The predicted octanol–water partition coefficient (Wildman–Crippen LogP) is 0.191. The summed E-state index contributed by atoms with van der Waals surface area (Å²) in [6.45, 7) is 10.0. The third-order valence-electron chi connectivity index (χ3n) is 5.75. The van der Waals surface area contributed by atoms with Gasteiger partial charge >= 0.3 is 0 Å². The molecule has 1 fully saturated rings. The highest BCUT2D eigenvalue weighted by Gasteiger charge is 2.47. The standard InChI is InChI=1S/C24H28N6OS.BrH/c1-17-15-27(16-18(2)31-17)30-23(21-11-7-5-8-12-21)26-28(24-25-19(3)20(4)32-24)29(30)22-13-9-6-10-14-22;/h5-14,17-18H,15-16H2,1-4H3;1H. The van der Waals surface area contributed by atoms with Gasteiger partial charge in [0.2, 0.25) is 5.13 Å². The van der Waals surface area contributed by atoms with Crippen LogP contribution in [0.2, 0.25) is 0 Å². The summed E-state index contributed by atoms with van der Waals surface area (Å²) in [7, 11) is 0. The van der Waals surface area contributed by atoms with Gasteiger partial charge < -0.3 is 21.7 Å². The molecule has 1 N–H and O–H groups in total. The number of hydrazone groups is 1. The van der Waals surface area contributed by atoms with Gasteiger partial charge in [-0.25, -0.2) is 4.98 Å². The number of thiazole rings is 1. The van der Waals surface area contributed by atoms with Crippen molar-refractivity contribution in [2.75, 3.05) is 23.3 Å². The van der Waals surface area contributed by atoms with Crippen LogP contribution in [0.4, 0.5) is 10.8 Å². The van der Waals surface area contributed by atoms with Crippen molar-refractivity contribution in [2.24, 2.45) is 5.10 Å². The molecule has 0 amide bonds. The Morgan fingerprint density at radius 1 is 0.939 bits per heavy atom. The van der Waals surface area contributed by atoms with Crippen LogP contribution in [0.25, 0.3) is 0 Å². The van der Waals surface area contributed by atoms with Gasteiger partial charge in [-0.3, -0.25) is 0 Å². The van der Waals surface area contributed by atoms with E-state index in [0.717, 1.165) is 46.1 Å². The number of anilines is 2. The van der Waals surface area contributed by atoms with Gasteiger partial charge in [0.05, 0.1) is 36.6 Å². The number of quaternary nitrogens is 1. The van der Waals surface area contributed by atoms with Crippen LogP contribution in [0.1, 0.15) is 30.0 Å². The number of nitrogens with one attached hydrogen (secondary N) is 1. The van der Waals surface area contributed by atoms with Crippen LogP contribution in [0.3, 0.4) is 0 Å². The second kappa shape index (κ2) is 9.90. The second-order valence-electron chi connectivity index (χ2n) is 8.38. The maximum atomic E-state index is 6.05. The lowest BCUT2D eigenvalue weighted by molar-refractivity contribution is -0.942. The van der Waals surface area contributed by atoms with Crippen molar-refractivity contribution in [3.63, 3.8) is 0 Å². The van der Waals surface area contributed by atoms with E-state index in [0.29, 0.717) is 0 Å². The van der Waals surface area contributed by atoms with Crippen LogP contribution in [-0.2, 0) is 4.74 Å². The number of morpholine rings is 1. The van der Waals surface area contributed by atoms with Crippen molar-refractivity contribution >= 4 is 28.0 Å². The van der Waals surface area contributed by atoms with Crippen molar-refractivity contribution in [3.8, 4) is 0 Å². The van der Waals surface area contributed by atoms with Gasteiger partial charge in [-0.2, -0.15) is 0 Å². The zero-order valence-electron chi connectivity index (χ0n) is 19.3. The largest absolute Gasteiger partial charge is 1.00 e. The van der Waals surface area contributed by atoms with E-state index in [1.165, 1.54) is 4.88 Å². The first kappa shape index (κ1) is 23.8. The lowest BCUT2D eigenvalue weighted by atomic mass is 10.2. The quantitative estimate of drug-likeness (QED) is 0.524. The van der Waals surface area contributed by atoms with Crippen molar-refractivity contribution in [1.29, 1.82) is 0 Å². The number of ether oxygens (including phenoxy) is 1. The van der Waals surface area contributed by atoms with E-state index >= 15 is 0 Å². The zero-order chi connectivity index (χ0) is 22.2. The SMILES string of the molecule is Cc1nc(N2N=C(c3ccccc3)[NH+](N3CC(C)OC(C)C3)N2c2ccccc2)sc1C.[Br-]. The number of rotatable bonds is 4. The number of hydrazine groups is 1. The van der Waals surface area contributed by atoms with E-state index in [-0.39, 0.29) is 29.2 Å². The molecule has 0 radical (unpaired) electrons. The molecule has 0 bridgehead atoms. The number of aryl methyl sites for hydroxylation is 2. The predicted molar refractivity (Wildman–Crippen MR) is 129 cm³/mol. The molecule has 3 aromatic rings. The lowest BCUT2D eigenvalue weighted by Crippen LogP contribution is -3.26. The molecule has 2 aliphatic heterocycles. The average Bonchev–Trinajstić information content (AvgIpc) is 3.35. The van der Waals surface area contributed by atoms with Gasteiger partial charge in [-0.05, 0) is 52.0 Å². The molecule has 2 aliphatic rings. The molecular formula is C24H29BrN6OS. The summed E-state index contributed by atoms with van der Waals surface area (Å²) in [5, 5.41) is 13.6. The Bertz CT molecular complexity index is 1080. The summed E-state index contributed by atoms with van der Waals surface area (Å²) in [4.78, 5) is 6.05. The zero-order valence-corrected chi connectivity index (χ0v) is 21.7. The molecule has 1 saturated heterocycles. The van der Waals surface area contributed by atoms with Crippen LogP contribution < -0.4 is 32.3 Å². The molecule has 1 aromatic heterocycles. The molecule has 174 valence electrons. The van der Waals surface area contributed by atoms with E-state index in [2.05, 4.69) is 86.4 Å². The summed E-state index contributed by atoms with van der Waals surface area (Å²) < 4.78 is 6.05. The Balaban J connectivity index is 0.00000259. The van der Waals surface area contributed by atoms with Crippen molar-refractivity contribution < 1.29 is 26.8 Å². The molecular weight excluding hydrogens is 500 g/mol. The molecule has 9 heteroatoms. The summed E-state index contributed by atoms with van der Waals surface area (Å²) in [6.07, 6.45) is 0.276. The smallest absolute Gasteiger partial charge is 0.299 e. The first-order valence-electron chi connectivity index (χ1n) is 11.0. The fraction of sp³-hybridized carbons (Fsp3) is 0.333. The number of hydrogen-bond donors (Lipinski definition) is 1. The highest BCUT2D eigenvalue weighted by atomic mass is 79.9. The van der Waals surface area contributed by atoms with E-state index < -0.39 is 0 Å². The van der Waals surface area contributed by atoms with Gasteiger partial charge in [-0.15, -0.1) is 5.01 Å². The van der Waals surface area contributed by atoms with Gasteiger partial charge in [0.1, 0.15) is 5.69 Å². The Kier molecular flexibility index (Phi) is 7.16. The van der Waals surface area contributed by atoms with Crippen LogP contribution >= 0.6 is 11.3 Å². The van der Waals surface area contributed by atoms with Crippen molar-refractivity contribution in [2.45, 2.75) is 39.9 Å². The Morgan fingerprint density at radius 3 is 2.12 bits per heavy atom. The first-order chi connectivity index (χ1) is 15.5. The maximum absolute atomic E-state index is 6.05. The Morgan fingerprint density at radius 2 is 1.55 bits per heavy atom. The fourth-order valence-electron chi connectivity index (χ4n) is 4.26. The molecule has 3 heterocycles. The van der Waals surface area contributed by atoms with Gasteiger partial charge in [0.25, 0.3) is 5.84 Å². The van der Waals surface area contributed by atoms with Crippen molar-refractivity contribution in [3.05, 3.63) is 76.8 Å². The molecule has 33 heavy (non-hydrogen) atoms. The molecule has 3 unspecified atom stereocenters. The lowest BCUT2D eigenvalue weighted by Gasteiger charge is -2.40. The summed E-state index contributed by atoms with van der Waals surface area (Å²) >= 11 is 1.67. The summed E-state index contributed by atoms with van der Waals surface area (Å²) in [6, 6.07) is 20.8. The first-order valence-corrected chi connectivity index (χ1v) is 11.8. The second-order valence-corrected chi connectivity index (χ2v) is 9.56. The van der Waals surface area contributed by atoms with Crippen LogP contribution in [0.5, 0.6) is 0 Å². The fourth-order valence-corrected chi connectivity index (χ4v) is 5.12. The molecule has 5 rings (SSSR count). The van der Waals surface area contributed by atoms with E-state index in [1.807, 2.05) is 17.3 Å². The number of hydrogen-bond acceptors (Lipinski definition) is 7. The molecule has 3 atom stereocenters. The minimum Gasteiger partial charge on any atom is -1.00 e. The molecule has 0 spiro atoms. The van der Waals surface area contributed by atoms with Gasteiger partial charge in [0, 0.05) is 4.88 Å². The van der Waals surface area contributed by atoms with Gasteiger partial charge in [0.15, 0.2) is 0 Å². The molecule has 7 nitrogen and oxygen atoms in total. The highest BCUT2D eigenvalue weighted by molar-refractivity contribution is 7.15. The normalized spacial score (nSPS) is 23.4. The monoisotopic (exact) mass is 528 g/mol. The van der Waals surface area contributed by atoms with Gasteiger partial charge in [-0.1, -0.05) is 68.2 Å². The number of para-hydroxylation sites is 1. The van der Waals surface area contributed by atoms with E-state index in [9.17, 15) is 0 Å². The van der Waals surface area contributed by atoms with E-state index in [1.54, 1.807) is 11.3 Å². The third-order valence-corrected chi connectivity index (χ3v) is 6.79. The number of nitrogens with zero attached hydrogens (tertiary/aromatic N) is 5. The minimum absolute atomic E-state index is 0. The minimum atomic E-state index is 0. The number of aromatic nitrogens is 1. The topological polar surface area (TPSA) is 48.6 Å². The van der Waals surface area contributed by atoms with Crippen molar-refractivity contribution in [1.82, 2.24) is 9.99 Å². The Labute approximate surface area is 209 Å². The highest BCUT2D eigenvalue weighted by Crippen LogP contribution is 2.30.